The minimum absolute atomic E-state index is 0.0271. The lowest BCUT2D eigenvalue weighted by Crippen LogP contribution is -2.56. The number of nitrogens with zero attached hydrogens (tertiary/aromatic N) is 4. The predicted octanol–water partition coefficient (Wildman–Crippen LogP) is 2.47. The minimum atomic E-state index is -4.47. The fourth-order valence-electron chi connectivity index (χ4n) is 4.17. The summed E-state index contributed by atoms with van der Waals surface area (Å²) in [6.45, 7) is 0.557. The SMILES string of the molecule is O=C(CC1CSc2nc3c(c(=O)n21)CCC3)N1CC(Oc2cc(C(F)(F)F)ccn2)C1. The van der Waals surface area contributed by atoms with E-state index in [1.54, 1.807) is 9.47 Å². The van der Waals surface area contributed by atoms with Crippen molar-refractivity contribution in [3.63, 3.8) is 0 Å². The van der Waals surface area contributed by atoms with E-state index in [0.717, 1.165) is 48.8 Å². The van der Waals surface area contributed by atoms with Gasteiger partial charge in [0.05, 0.1) is 30.4 Å². The molecule has 0 aromatic carbocycles. The van der Waals surface area contributed by atoms with Gasteiger partial charge in [0.15, 0.2) is 5.16 Å². The predicted molar refractivity (Wildman–Crippen MR) is 105 cm³/mol. The lowest BCUT2D eigenvalue weighted by molar-refractivity contribution is -0.140. The van der Waals surface area contributed by atoms with Gasteiger partial charge in [-0.2, -0.15) is 13.2 Å². The molecule has 0 spiro atoms. The summed E-state index contributed by atoms with van der Waals surface area (Å²) < 4.78 is 45.6. The van der Waals surface area contributed by atoms with E-state index in [4.69, 9.17) is 4.74 Å². The van der Waals surface area contributed by atoms with Gasteiger partial charge >= 0.3 is 6.18 Å². The number of carbonyl (C=O) groups excluding carboxylic acids is 1. The summed E-state index contributed by atoms with van der Waals surface area (Å²) >= 11 is 1.50. The minimum Gasteiger partial charge on any atom is -0.471 e. The normalized spacial score (nSPS) is 20.4. The number of halogens is 3. The van der Waals surface area contributed by atoms with E-state index in [0.29, 0.717) is 10.9 Å². The lowest BCUT2D eigenvalue weighted by Gasteiger charge is -2.39. The molecule has 4 heterocycles. The largest absolute Gasteiger partial charge is 0.471 e. The number of aryl methyl sites for hydroxylation is 1. The number of thioether (sulfide) groups is 1. The van der Waals surface area contributed by atoms with Crippen LogP contribution in [0.5, 0.6) is 5.88 Å². The first-order valence-corrected chi connectivity index (χ1v) is 11.0. The lowest BCUT2D eigenvalue weighted by atomic mass is 10.1. The average Bonchev–Trinajstić information content (AvgIpc) is 3.31. The van der Waals surface area contributed by atoms with E-state index < -0.39 is 17.8 Å². The van der Waals surface area contributed by atoms with Crippen LogP contribution >= 0.6 is 11.8 Å². The van der Waals surface area contributed by atoms with Crippen LogP contribution in [0.15, 0.2) is 28.3 Å². The molecule has 11 heteroatoms. The Morgan fingerprint density at radius 1 is 1.29 bits per heavy atom. The van der Waals surface area contributed by atoms with Gasteiger partial charge in [-0.25, -0.2) is 9.97 Å². The van der Waals surface area contributed by atoms with Crippen LogP contribution < -0.4 is 10.3 Å². The van der Waals surface area contributed by atoms with Crippen LogP contribution in [-0.2, 0) is 23.8 Å². The topological polar surface area (TPSA) is 77.3 Å². The van der Waals surface area contributed by atoms with Crippen LogP contribution in [0.3, 0.4) is 0 Å². The fourth-order valence-corrected chi connectivity index (χ4v) is 5.32. The Labute approximate surface area is 179 Å². The van der Waals surface area contributed by atoms with E-state index in [-0.39, 0.29) is 42.9 Å². The number of alkyl halides is 3. The van der Waals surface area contributed by atoms with Crippen molar-refractivity contribution in [3.05, 3.63) is 45.5 Å². The Kier molecular flexibility index (Phi) is 4.95. The maximum atomic E-state index is 12.8. The van der Waals surface area contributed by atoms with Crippen molar-refractivity contribution < 1.29 is 22.7 Å². The zero-order valence-electron chi connectivity index (χ0n) is 16.4. The number of aromatic nitrogens is 3. The van der Waals surface area contributed by atoms with Crippen molar-refractivity contribution in [2.45, 2.75) is 49.2 Å². The standard InChI is InChI=1S/C20H19F3N4O3S/c21-20(22,23)11-4-5-24-16(6-11)30-13-8-26(9-13)17(28)7-12-10-31-19-25-15-3-1-2-14(15)18(29)27(12)19/h4-6,12-13H,1-3,7-10H2. The van der Waals surface area contributed by atoms with E-state index in [9.17, 15) is 22.8 Å². The van der Waals surface area contributed by atoms with Gasteiger partial charge in [0.25, 0.3) is 5.56 Å². The summed E-state index contributed by atoms with van der Waals surface area (Å²) in [7, 11) is 0. The summed E-state index contributed by atoms with van der Waals surface area (Å²) in [5.74, 6) is 0.404. The summed E-state index contributed by atoms with van der Waals surface area (Å²) in [5, 5.41) is 0.684. The molecule has 164 valence electrons. The monoisotopic (exact) mass is 452 g/mol. The van der Waals surface area contributed by atoms with Crippen molar-refractivity contribution in [2.75, 3.05) is 18.8 Å². The first-order chi connectivity index (χ1) is 14.8. The number of pyridine rings is 1. The molecule has 2 aromatic rings. The van der Waals surface area contributed by atoms with Gasteiger partial charge in [-0.3, -0.25) is 14.2 Å². The van der Waals surface area contributed by atoms with Gasteiger partial charge in [-0.1, -0.05) is 11.8 Å². The maximum absolute atomic E-state index is 12.8. The van der Waals surface area contributed by atoms with Crippen molar-refractivity contribution in [1.82, 2.24) is 19.4 Å². The van der Waals surface area contributed by atoms with Crippen LogP contribution in [0.2, 0.25) is 0 Å². The van der Waals surface area contributed by atoms with Gasteiger partial charge in [0.2, 0.25) is 11.8 Å². The smallest absolute Gasteiger partial charge is 0.416 e. The fraction of sp³-hybridized carbons (Fsp3) is 0.500. The molecule has 1 atom stereocenters. The van der Waals surface area contributed by atoms with Gasteiger partial charge in [0, 0.05) is 30.0 Å². The maximum Gasteiger partial charge on any atom is 0.416 e. The Morgan fingerprint density at radius 3 is 2.87 bits per heavy atom. The molecule has 0 bridgehead atoms. The zero-order chi connectivity index (χ0) is 21.8. The van der Waals surface area contributed by atoms with Gasteiger partial charge in [-0.05, 0) is 25.3 Å². The Hall–Kier alpha value is -2.56. The van der Waals surface area contributed by atoms with E-state index >= 15 is 0 Å². The second-order valence-corrected chi connectivity index (χ2v) is 8.92. The van der Waals surface area contributed by atoms with Crippen LogP contribution in [0.25, 0.3) is 0 Å². The molecule has 0 saturated carbocycles. The number of hydrogen-bond acceptors (Lipinski definition) is 6. The molecule has 3 aliphatic rings. The highest BCUT2D eigenvalue weighted by Gasteiger charge is 2.37. The zero-order valence-corrected chi connectivity index (χ0v) is 17.2. The van der Waals surface area contributed by atoms with Gasteiger partial charge in [-0.15, -0.1) is 0 Å². The summed E-state index contributed by atoms with van der Waals surface area (Å²) in [6, 6.07) is 1.51. The third kappa shape index (κ3) is 3.79. The Morgan fingerprint density at radius 2 is 2.10 bits per heavy atom. The summed E-state index contributed by atoms with van der Waals surface area (Å²) in [6.07, 6.45) is -1.12. The molecular weight excluding hydrogens is 433 g/mol. The highest BCUT2D eigenvalue weighted by Crippen LogP contribution is 2.35. The summed E-state index contributed by atoms with van der Waals surface area (Å²) in [5.41, 5.74) is 0.810. The van der Waals surface area contributed by atoms with Crippen LogP contribution in [0, 0.1) is 0 Å². The molecule has 2 aromatic heterocycles. The first kappa shape index (κ1) is 20.3. The van der Waals surface area contributed by atoms with Crippen LogP contribution in [0.1, 0.15) is 35.7 Å². The quantitative estimate of drug-likeness (QED) is 0.664. The molecule has 2 aliphatic heterocycles. The molecule has 1 unspecified atom stereocenters. The third-order valence-corrected chi connectivity index (χ3v) is 6.93. The number of likely N-dealkylation sites (tertiary alicyclic amines) is 1. The highest BCUT2D eigenvalue weighted by atomic mass is 32.2. The number of carbonyl (C=O) groups is 1. The number of ether oxygens (including phenoxy) is 1. The molecule has 1 fully saturated rings. The Bertz CT molecular complexity index is 1100. The van der Waals surface area contributed by atoms with Gasteiger partial charge in [0.1, 0.15) is 6.10 Å². The number of hydrogen-bond donors (Lipinski definition) is 0. The van der Waals surface area contributed by atoms with Crippen LogP contribution in [-0.4, -0.2) is 50.3 Å². The van der Waals surface area contributed by atoms with E-state index in [1.807, 2.05) is 0 Å². The number of rotatable bonds is 4. The molecule has 5 rings (SSSR count). The molecule has 31 heavy (non-hydrogen) atoms. The van der Waals surface area contributed by atoms with E-state index in [1.165, 1.54) is 11.8 Å². The van der Waals surface area contributed by atoms with Crippen molar-refractivity contribution in [2.24, 2.45) is 0 Å². The van der Waals surface area contributed by atoms with Gasteiger partial charge < -0.3 is 9.64 Å². The van der Waals surface area contributed by atoms with Crippen molar-refractivity contribution >= 4 is 17.7 Å². The highest BCUT2D eigenvalue weighted by molar-refractivity contribution is 7.99. The average molecular weight is 452 g/mol. The summed E-state index contributed by atoms with van der Waals surface area (Å²) in [4.78, 5) is 35.5. The molecule has 0 N–H and O–H groups in total. The van der Waals surface area contributed by atoms with E-state index in [2.05, 4.69) is 9.97 Å². The molecule has 1 aliphatic carbocycles. The molecule has 1 amide bonds. The van der Waals surface area contributed by atoms with Crippen molar-refractivity contribution in [1.29, 1.82) is 0 Å². The second kappa shape index (κ2) is 7.54. The molecule has 1 saturated heterocycles. The second-order valence-electron chi connectivity index (χ2n) is 7.94. The number of fused-ring (bicyclic) bond motifs is 2. The molecular formula is C20H19F3N4O3S. The molecule has 7 nitrogen and oxygen atoms in total. The molecule has 0 radical (unpaired) electrons. The third-order valence-electron chi connectivity index (χ3n) is 5.83. The van der Waals surface area contributed by atoms with Crippen molar-refractivity contribution in [3.8, 4) is 5.88 Å². The number of amides is 1. The van der Waals surface area contributed by atoms with Crippen LogP contribution in [0.4, 0.5) is 13.2 Å². The first-order valence-electron chi connectivity index (χ1n) is 10.0. The Balaban J connectivity index is 1.19.